The molecule has 106 valence electrons. The van der Waals surface area contributed by atoms with Gasteiger partial charge in [0.15, 0.2) is 0 Å². The number of benzene rings is 2. The number of ether oxygens (including phenoxy) is 2. The monoisotopic (exact) mass is 280 g/mol. The van der Waals surface area contributed by atoms with Crippen molar-refractivity contribution in [2.24, 2.45) is 0 Å². The molecular formula is C18H16O3. The maximum Gasteiger partial charge on any atom is 0.356 e. The molecule has 0 fully saturated rings. The Balaban J connectivity index is 2.02. The Bertz CT molecular complexity index is 615. The molecule has 0 aliphatic carbocycles. The predicted octanol–water partition coefficient (Wildman–Crippen LogP) is 3.87. The summed E-state index contributed by atoms with van der Waals surface area (Å²) in [6.07, 6.45) is 2.27. The molecule has 3 nitrogen and oxygen atoms in total. The van der Waals surface area contributed by atoms with Gasteiger partial charge in [-0.05, 0) is 35.9 Å². The van der Waals surface area contributed by atoms with E-state index in [9.17, 15) is 4.79 Å². The molecule has 2 rings (SSSR count). The second-order valence-corrected chi connectivity index (χ2v) is 4.28. The van der Waals surface area contributed by atoms with Crippen LogP contribution in [-0.2, 0) is 4.79 Å². The van der Waals surface area contributed by atoms with Gasteiger partial charge in [0, 0.05) is 0 Å². The molecule has 0 N–H and O–H groups in total. The van der Waals surface area contributed by atoms with E-state index in [1.165, 1.54) is 6.08 Å². The van der Waals surface area contributed by atoms with Crippen molar-refractivity contribution in [3.05, 3.63) is 79.4 Å². The number of carbonyl (C=O) groups is 1. The van der Waals surface area contributed by atoms with Gasteiger partial charge in [-0.2, -0.15) is 0 Å². The van der Waals surface area contributed by atoms with Crippen molar-refractivity contribution in [1.82, 2.24) is 0 Å². The van der Waals surface area contributed by atoms with Gasteiger partial charge >= 0.3 is 5.97 Å². The van der Waals surface area contributed by atoms with Crippen LogP contribution in [0.3, 0.4) is 0 Å². The molecule has 0 aromatic heterocycles. The van der Waals surface area contributed by atoms with Gasteiger partial charge < -0.3 is 9.47 Å². The molecule has 21 heavy (non-hydrogen) atoms. The van der Waals surface area contributed by atoms with Crippen LogP contribution in [-0.4, -0.2) is 12.1 Å². The molecule has 0 aliphatic rings. The number of hydrogen-bond acceptors (Lipinski definition) is 3. The Morgan fingerprint density at radius 1 is 0.952 bits per heavy atom. The van der Waals surface area contributed by atoms with Crippen LogP contribution in [0.25, 0.3) is 6.08 Å². The Morgan fingerprint density at radius 2 is 1.62 bits per heavy atom. The van der Waals surface area contributed by atoms with Gasteiger partial charge in [-0.15, -0.1) is 0 Å². The van der Waals surface area contributed by atoms with Crippen molar-refractivity contribution in [1.29, 1.82) is 0 Å². The van der Waals surface area contributed by atoms with Crippen molar-refractivity contribution in [3.8, 4) is 11.5 Å². The van der Waals surface area contributed by atoms with Gasteiger partial charge in [0.1, 0.15) is 11.5 Å². The van der Waals surface area contributed by atoms with Crippen LogP contribution in [0.4, 0.5) is 0 Å². The second-order valence-electron chi connectivity index (χ2n) is 4.28. The summed E-state index contributed by atoms with van der Waals surface area (Å²) >= 11 is 0. The fraction of sp³-hybridized carbons (Fsp3) is 0.0556. The van der Waals surface area contributed by atoms with E-state index in [4.69, 9.17) is 9.47 Å². The predicted molar refractivity (Wildman–Crippen MR) is 83.2 cm³/mol. The Hall–Kier alpha value is -2.81. The van der Waals surface area contributed by atoms with Crippen molar-refractivity contribution >= 4 is 12.0 Å². The zero-order valence-electron chi connectivity index (χ0n) is 11.6. The Kier molecular flexibility index (Phi) is 4.94. The highest BCUT2D eigenvalue weighted by Crippen LogP contribution is 2.16. The number of esters is 1. The van der Waals surface area contributed by atoms with Gasteiger partial charge in [-0.1, -0.05) is 49.6 Å². The van der Waals surface area contributed by atoms with Crippen molar-refractivity contribution < 1.29 is 14.3 Å². The fourth-order valence-corrected chi connectivity index (χ4v) is 1.68. The maximum atomic E-state index is 12.1. The Morgan fingerprint density at radius 3 is 2.19 bits per heavy atom. The molecule has 0 radical (unpaired) electrons. The van der Waals surface area contributed by atoms with Crippen LogP contribution in [0, 0.1) is 0 Å². The molecular weight excluding hydrogens is 264 g/mol. The number of carbonyl (C=O) groups excluding carboxylic acids is 1. The van der Waals surface area contributed by atoms with E-state index < -0.39 is 12.1 Å². The third-order valence-corrected chi connectivity index (χ3v) is 2.79. The first-order valence-corrected chi connectivity index (χ1v) is 6.51. The topological polar surface area (TPSA) is 35.5 Å². The van der Waals surface area contributed by atoms with Gasteiger partial charge in [0.25, 0.3) is 0 Å². The van der Waals surface area contributed by atoms with E-state index in [0.717, 1.165) is 5.56 Å². The van der Waals surface area contributed by atoms with Crippen LogP contribution in [0.15, 0.2) is 73.8 Å². The summed E-state index contributed by atoms with van der Waals surface area (Å²) in [6.45, 7) is 7.28. The molecule has 1 atom stereocenters. The second kappa shape index (κ2) is 7.10. The zero-order valence-corrected chi connectivity index (χ0v) is 11.6. The summed E-state index contributed by atoms with van der Waals surface area (Å²) in [6, 6.07) is 16.1. The summed E-state index contributed by atoms with van der Waals surface area (Å²) in [5.41, 5.74) is 0.954. The summed E-state index contributed by atoms with van der Waals surface area (Å²) in [4.78, 5) is 12.1. The minimum atomic E-state index is -0.855. The summed E-state index contributed by atoms with van der Waals surface area (Å²) in [5, 5.41) is 0. The summed E-state index contributed by atoms with van der Waals surface area (Å²) < 4.78 is 10.8. The van der Waals surface area contributed by atoms with Gasteiger partial charge in [0.2, 0.25) is 6.10 Å². The van der Waals surface area contributed by atoms with Gasteiger partial charge in [-0.25, -0.2) is 4.79 Å². The van der Waals surface area contributed by atoms with E-state index in [-0.39, 0.29) is 0 Å². The first-order valence-electron chi connectivity index (χ1n) is 6.51. The molecule has 2 aromatic carbocycles. The highest BCUT2D eigenvalue weighted by Gasteiger charge is 2.19. The maximum absolute atomic E-state index is 12.1. The van der Waals surface area contributed by atoms with Crippen LogP contribution < -0.4 is 9.47 Å². The Labute approximate surface area is 124 Å². The molecule has 2 aromatic rings. The lowest BCUT2D eigenvalue weighted by Gasteiger charge is -2.14. The van der Waals surface area contributed by atoms with E-state index >= 15 is 0 Å². The normalized spacial score (nSPS) is 11.2. The molecule has 0 amide bonds. The number of rotatable bonds is 6. The van der Waals surface area contributed by atoms with Crippen molar-refractivity contribution in [3.63, 3.8) is 0 Å². The quantitative estimate of drug-likeness (QED) is 0.458. The van der Waals surface area contributed by atoms with Crippen molar-refractivity contribution in [2.75, 3.05) is 0 Å². The van der Waals surface area contributed by atoms with Gasteiger partial charge in [-0.3, -0.25) is 0 Å². The van der Waals surface area contributed by atoms with E-state index in [1.807, 2.05) is 30.3 Å². The highest BCUT2D eigenvalue weighted by molar-refractivity contribution is 5.79. The lowest BCUT2D eigenvalue weighted by atomic mass is 10.2. The largest absolute Gasteiger partial charge is 0.475 e. The minimum absolute atomic E-state index is 0.453. The molecule has 0 saturated heterocycles. The molecule has 1 unspecified atom stereocenters. The first-order chi connectivity index (χ1) is 10.2. The van der Waals surface area contributed by atoms with E-state index in [2.05, 4.69) is 13.2 Å². The van der Waals surface area contributed by atoms with Gasteiger partial charge in [0.05, 0.1) is 0 Å². The highest BCUT2D eigenvalue weighted by atomic mass is 16.6. The smallest absolute Gasteiger partial charge is 0.356 e. The average molecular weight is 280 g/mol. The average Bonchev–Trinajstić information content (AvgIpc) is 2.54. The molecule has 0 bridgehead atoms. The lowest BCUT2D eigenvalue weighted by molar-refractivity contribution is -0.140. The molecule has 0 aliphatic heterocycles. The van der Waals surface area contributed by atoms with Crippen LogP contribution in [0.5, 0.6) is 11.5 Å². The SMILES string of the molecule is C=Cc1ccc(OC(=O)C(C=C)Oc2ccccc2)cc1. The molecule has 3 heteroatoms. The van der Waals surface area contributed by atoms with Crippen LogP contribution >= 0.6 is 0 Å². The summed E-state index contributed by atoms with van der Waals surface area (Å²) in [7, 11) is 0. The minimum Gasteiger partial charge on any atom is -0.475 e. The number of hydrogen-bond donors (Lipinski definition) is 0. The first kappa shape index (κ1) is 14.6. The fourth-order valence-electron chi connectivity index (χ4n) is 1.68. The van der Waals surface area contributed by atoms with Crippen LogP contribution in [0.2, 0.25) is 0 Å². The molecule has 0 heterocycles. The summed E-state index contributed by atoms with van der Waals surface area (Å²) in [5.74, 6) is 0.524. The third-order valence-electron chi connectivity index (χ3n) is 2.79. The molecule has 0 saturated carbocycles. The lowest BCUT2D eigenvalue weighted by Crippen LogP contribution is -2.29. The van der Waals surface area contributed by atoms with E-state index in [1.54, 1.807) is 30.3 Å². The van der Waals surface area contributed by atoms with E-state index in [0.29, 0.717) is 11.5 Å². The zero-order chi connectivity index (χ0) is 15.1. The van der Waals surface area contributed by atoms with Crippen LogP contribution in [0.1, 0.15) is 5.56 Å². The van der Waals surface area contributed by atoms with Crippen molar-refractivity contribution in [2.45, 2.75) is 6.10 Å². The third kappa shape index (κ3) is 4.08. The molecule has 0 spiro atoms. The standard InChI is InChI=1S/C18H16O3/c1-3-14-10-12-16(13-11-14)21-18(19)17(4-2)20-15-8-6-5-7-9-15/h3-13,17H,1-2H2. The number of para-hydroxylation sites is 1.